The summed E-state index contributed by atoms with van der Waals surface area (Å²) < 4.78 is 5.13. The van der Waals surface area contributed by atoms with Gasteiger partial charge in [0.25, 0.3) is 5.91 Å². The van der Waals surface area contributed by atoms with Crippen LogP contribution in [0.5, 0.6) is 0 Å². The van der Waals surface area contributed by atoms with Gasteiger partial charge in [0.2, 0.25) is 0 Å². The molecular formula is C16H19N3O3. The Morgan fingerprint density at radius 2 is 2.14 bits per heavy atom. The summed E-state index contributed by atoms with van der Waals surface area (Å²) in [5.41, 5.74) is 1.97. The second-order valence-corrected chi connectivity index (χ2v) is 5.77. The van der Waals surface area contributed by atoms with Crippen LogP contribution in [0.25, 0.3) is 11.0 Å². The highest BCUT2D eigenvalue weighted by Crippen LogP contribution is 2.16. The number of likely N-dealkylation sites (tertiary alicyclic amines) is 1. The molecule has 6 nitrogen and oxygen atoms in total. The van der Waals surface area contributed by atoms with Crippen molar-refractivity contribution in [2.75, 3.05) is 19.7 Å². The van der Waals surface area contributed by atoms with Gasteiger partial charge < -0.3 is 14.6 Å². The number of fused-ring (bicyclic) bond motifs is 1. The van der Waals surface area contributed by atoms with E-state index in [-0.39, 0.29) is 12.5 Å². The summed E-state index contributed by atoms with van der Waals surface area (Å²) in [6.45, 7) is 3.48. The smallest absolute Gasteiger partial charge is 0.338 e. The number of nitrogens with one attached hydrogen (secondary N) is 1. The van der Waals surface area contributed by atoms with Crippen LogP contribution < -0.4 is 0 Å². The summed E-state index contributed by atoms with van der Waals surface area (Å²) in [6.07, 6.45) is 3.59. The number of nitrogens with zero attached hydrogens (tertiary/aromatic N) is 2. The van der Waals surface area contributed by atoms with Crippen molar-refractivity contribution in [3.63, 3.8) is 0 Å². The van der Waals surface area contributed by atoms with Crippen LogP contribution in [-0.2, 0) is 9.53 Å². The van der Waals surface area contributed by atoms with Crippen molar-refractivity contribution in [1.29, 1.82) is 0 Å². The number of imidazole rings is 1. The molecule has 0 spiro atoms. The molecule has 1 aromatic heterocycles. The van der Waals surface area contributed by atoms with Crippen molar-refractivity contribution in [1.82, 2.24) is 14.9 Å². The van der Waals surface area contributed by atoms with Crippen molar-refractivity contribution in [2.45, 2.75) is 19.8 Å². The first-order valence-corrected chi connectivity index (χ1v) is 7.51. The maximum atomic E-state index is 12.0. The van der Waals surface area contributed by atoms with Gasteiger partial charge in [-0.05, 0) is 37.0 Å². The third-order valence-electron chi connectivity index (χ3n) is 4.12. The zero-order valence-corrected chi connectivity index (χ0v) is 12.5. The lowest BCUT2D eigenvalue weighted by molar-refractivity contribution is -0.135. The molecule has 1 amide bonds. The Bertz CT molecular complexity index is 687. The lowest BCUT2D eigenvalue weighted by atomic mass is 9.99. The van der Waals surface area contributed by atoms with Gasteiger partial charge in [-0.2, -0.15) is 0 Å². The van der Waals surface area contributed by atoms with Crippen molar-refractivity contribution in [3.8, 4) is 0 Å². The number of rotatable bonds is 3. The van der Waals surface area contributed by atoms with E-state index in [0.717, 1.165) is 37.0 Å². The third-order valence-corrected chi connectivity index (χ3v) is 4.12. The molecule has 0 atom stereocenters. The van der Waals surface area contributed by atoms with Crippen molar-refractivity contribution < 1.29 is 14.3 Å². The van der Waals surface area contributed by atoms with Gasteiger partial charge in [0.05, 0.1) is 22.9 Å². The number of benzene rings is 1. The lowest BCUT2D eigenvalue weighted by Crippen LogP contribution is -2.40. The number of ether oxygens (including phenoxy) is 1. The molecule has 2 aromatic rings. The monoisotopic (exact) mass is 301 g/mol. The van der Waals surface area contributed by atoms with Gasteiger partial charge in [-0.3, -0.25) is 4.79 Å². The molecule has 1 fully saturated rings. The number of hydrogen-bond donors (Lipinski definition) is 1. The highest BCUT2D eigenvalue weighted by molar-refractivity contribution is 5.94. The number of hydrogen-bond acceptors (Lipinski definition) is 4. The molecule has 0 bridgehead atoms. The molecular weight excluding hydrogens is 282 g/mol. The van der Waals surface area contributed by atoms with E-state index in [2.05, 4.69) is 16.9 Å². The number of esters is 1. The van der Waals surface area contributed by atoms with Crippen LogP contribution in [-0.4, -0.2) is 46.4 Å². The summed E-state index contributed by atoms with van der Waals surface area (Å²) >= 11 is 0. The number of carbonyl (C=O) groups is 2. The van der Waals surface area contributed by atoms with Crippen LogP contribution >= 0.6 is 0 Å². The van der Waals surface area contributed by atoms with Crippen LogP contribution in [0.2, 0.25) is 0 Å². The van der Waals surface area contributed by atoms with E-state index in [0.29, 0.717) is 11.5 Å². The van der Waals surface area contributed by atoms with Crippen molar-refractivity contribution in [2.24, 2.45) is 5.92 Å². The summed E-state index contributed by atoms with van der Waals surface area (Å²) in [6, 6.07) is 5.08. The minimum absolute atomic E-state index is 0.122. The minimum atomic E-state index is -0.491. The van der Waals surface area contributed by atoms with Gasteiger partial charge in [0, 0.05) is 13.1 Å². The Hall–Kier alpha value is -2.37. The molecule has 0 saturated carbocycles. The predicted molar refractivity (Wildman–Crippen MR) is 81.4 cm³/mol. The molecule has 6 heteroatoms. The molecule has 1 aliphatic heterocycles. The first-order valence-electron chi connectivity index (χ1n) is 7.51. The highest BCUT2D eigenvalue weighted by Gasteiger charge is 2.21. The van der Waals surface area contributed by atoms with Gasteiger partial charge >= 0.3 is 5.97 Å². The zero-order valence-electron chi connectivity index (χ0n) is 12.5. The number of piperidine rings is 1. The Kier molecular flexibility index (Phi) is 4.09. The average Bonchev–Trinajstić information content (AvgIpc) is 3.00. The van der Waals surface area contributed by atoms with E-state index in [4.69, 9.17) is 4.74 Å². The van der Waals surface area contributed by atoms with Crippen LogP contribution in [0.3, 0.4) is 0 Å². The average molecular weight is 301 g/mol. The molecule has 0 radical (unpaired) electrons. The molecule has 1 aliphatic rings. The minimum Gasteiger partial charge on any atom is -0.452 e. The quantitative estimate of drug-likeness (QED) is 0.880. The Morgan fingerprint density at radius 1 is 1.36 bits per heavy atom. The Morgan fingerprint density at radius 3 is 2.91 bits per heavy atom. The van der Waals surface area contributed by atoms with E-state index in [1.54, 1.807) is 29.4 Å². The third kappa shape index (κ3) is 3.10. The Labute approximate surface area is 128 Å². The number of carbonyl (C=O) groups excluding carboxylic acids is 2. The zero-order chi connectivity index (χ0) is 15.5. The topological polar surface area (TPSA) is 75.3 Å². The first kappa shape index (κ1) is 14.6. The fraction of sp³-hybridized carbons (Fsp3) is 0.438. The molecule has 0 unspecified atom stereocenters. The van der Waals surface area contributed by atoms with Crippen LogP contribution in [0.1, 0.15) is 30.1 Å². The van der Waals surface area contributed by atoms with Crippen LogP contribution in [0.4, 0.5) is 0 Å². The van der Waals surface area contributed by atoms with E-state index >= 15 is 0 Å². The molecule has 0 aliphatic carbocycles. The van der Waals surface area contributed by atoms with Gasteiger partial charge in [0.15, 0.2) is 6.61 Å². The maximum absolute atomic E-state index is 12.0. The van der Waals surface area contributed by atoms with E-state index in [1.165, 1.54) is 0 Å². The SMILES string of the molecule is CC1CCN(C(=O)COC(=O)c2ccc3nc[nH]c3c2)CC1. The summed E-state index contributed by atoms with van der Waals surface area (Å²) in [4.78, 5) is 32.9. The molecule has 3 rings (SSSR count). The van der Waals surface area contributed by atoms with Gasteiger partial charge in [-0.25, -0.2) is 9.78 Å². The summed E-state index contributed by atoms with van der Waals surface area (Å²) in [5.74, 6) is 0.0471. The van der Waals surface area contributed by atoms with Crippen molar-refractivity contribution >= 4 is 22.9 Å². The summed E-state index contributed by atoms with van der Waals surface area (Å²) in [5, 5.41) is 0. The first-order chi connectivity index (χ1) is 10.6. The van der Waals surface area contributed by atoms with Crippen molar-refractivity contribution in [3.05, 3.63) is 30.1 Å². The van der Waals surface area contributed by atoms with Gasteiger partial charge in [0.1, 0.15) is 0 Å². The second-order valence-electron chi connectivity index (χ2n) is 5.77. The number of amides is 1. The molecule has 1 aromatic carbocycles. The van der Waals surface area contributed by atoms with E-state index < -0.39 is 5.97 Å². The fourth-order valence-corrected chi connectivity index (χ4v) is 2.62. The largest absolute Gasteiger partial charge is 0.452 e. The number of aromatic nitrogens is 2. The maximum Gasteiger partial charge on any atom is 0.338 e. The van der Waals surface area contributed by atoms with E-state index in [1.807, 2.05) is 0 Å². The molecule has 22 heavy (non-hydrogen) atoms. The highest BCUT2D eigenvalue weighted by atomic mass is 16.5. The molecule has 2 heterocycles. The second kappa shape index (κ2) is 6.17. The lowest BCUT2D eigenvalue weighted by Gasteiger charge is -2.30. The number of H-pyrrole nitrogens is 1. The fourth-order valence-electron chi connectivity index (χ4n) is 2.62. The van der Waals surface area contributed by atoms with Crippen LogP contribution in [0.15, 0.2) is 24.5 Å². The normalized spacial score (nSPS) is 16.0. The molecule has 1 saturated heterocycles. The van der Waals surface area contributed by atoms with Crippen LogP contribution in [0, 0.1) is 5.92 Å². The molecule has 1 N–H and O–H groups in total. The summed E-state index contributed by atoms with van der Waals surface area (Å²) in [7, 11) is 0. The van der Waals surface area contributed by atoms with Gasteiger partial charge in [-0.1, -0.05) is 6.92 Å². The van der Waals surface area contributed by atoms with Gasteiger partial charge in [-0.15, -0.1) is 0 Å². The Balaban J connectivity index is 1.56. The number of aromatic amines is 1. The van der Waals surface area contributed by atoms with E-state index in [9.17, 15) is 9.59 Å². The molecule has 116 valence electrons. The predicted octanol–water partition coefficient (Wildman–Crippen LogP) is 1.98. The standard InChI is InChI=1S/C16H19N3O3/c1-11-4-6-19(7-5-11)15(20)9-22-16(21)12-2-3-13-14(8-12)18-10-17-13/h2-3,8,10-11H,4-7,9H2,1H3,(H,17,18).